The minimum atomic E-state index is -0.357. The first-order valence-electron chi connectivity index (χ1n) is 9.54. The van der Waals surface area contributed by atoms with Gasteiger partial charge in [0, 0.05) is 45.4 Å². The Kier molecular flexibility index (Phi) is 5.60. The van der Waals surface area contributed by atoms with Crippen LogP contribution in [0.2, 0.25) is 0 Å². The fraction of sp³-hybridized carbons (Fsp3) is 0.450. The van der Waals surface area contributed by atoms with E-state index in [4.69, 9.17) is 4.74 Å². The zero-order valence-electron chi connectivity index (χ0n) is 15.4. The molecule has 2 fully saturated rings. The van der Waals surface area contributed by atoms with E-state index in [9.17, 15) is 4.79 Å². The molecule has 2 aliphatic heterocycles. The van der Waals surface area contributed by atoms with Gasteiger partial charge in [0.25, 0.3) is 5.91 Å². The first kappa shape index (κ1) is 17.9. The first-order valence-corrected chi connectivity index (χ1v) is 9.54. The summed E-state index contributed by atoms with van der Waals surface area (Å²) in [7, 11) is 0. The fourth-order valence-electron chi connectivity index (χ4n) is 3.56. The molecule has 0 radical (unpaired) electrons. The van der Waals surface area contributed by atoms with E-state index in [1.54, 1.807) is 0 Å². The molecule has 1 aromatic heterocycles. The number of nitrogens with one attached hydrogen (secondary N) is 1. The summed E-state index contributed by atoms with van der Waals surface area (Å²) in [5.41, 5.74) is 1.34. The number of benzene rings is 1. The molecule has 0 aliphatic carbocycles. The summed E-state index contributed by atoms with van der Waals surface area (Å²) in [6.45, 7) is 5.40. The third kappa shape index (κ3) is 4.61. The lowest BCUT2D eigenvalue weighted by Crippen LogP contribution is -2.46. The quantitative estimate of drug-likeness (QED) is 0.871. The van der Waals surface area contributed by atoms with Crippen LogP contribution in [-0.4, -0.2) is 59.7 Å². The van der Waals surface area contributed by atoms with E-state index < -0.39 is 0 Å². The third-order valence-electron chi connectivity index (χ3n) is 5.07. The van der Waals surface area contributed by atoms with E-state index in [0.717, 1.165) is 51.4 Å². The van der Waals surface area contributed by atoms with Crippen LogP contribution in [-0.2, 0) is 16.1 Å². The molecular formula is C20H25N5O2. The second kappa shape index (κ2) is 8.45. The van der Waals surface area contributed by atoms with Crippen molar-refractivity contribution in [1.29, 1.82) is 0 Å². The Bertz CT molecular complexity index is 756. The van der Waals surface area contributed by atoms with Gasteiger partial charge in [0.15, 0.2) is 0 Å². The van der Waals surface area contributed by atoms with Gasteiger partial charge in [-0.05, 0) is 18.4 Å². The molecule has 0 saturated carbocycles. The average Bonchev–Trinajstić information content (AvgIpc) is 3.25. The van der Waals surface area contributed by atoms with Crippen molar-refractivity contribution in [2.75, 3.05) is 43.0 Å². The molecule has 3 heterocycles. The highest BCUT2D eigenvalue weighted by molar-refractivity contribution is 5.93. The monoisotopic (exact) mass is 367 g/mol. The van der Waals surface area contributed by atoms with Gasteiger partial charge in [0.1, 0.15) is 24.1 Å². The zero-order valence-corrected chi connectivity index (χ0v) is 15.4. The summed E-state index contributed by atoms with van der Waals surface area (Å²) in [6.07, 6.45) is 2.86. The molecule has 1 atom stereocenters. The maximum Gasteiger partial charge on any atom is 0.254 e. The molecular weight excluding hydrogens is 342 g/mol. The van der Waals surface area contributed by atoms with Crippen molar-refractivity contribution >= 4 is 17.5 Å². The highest BCUT2D eigenvalue weighted by atomic mass is 16.5. The number of piperazine rings is 1. The zero-order chi connectivity index (χ0) is 18.5. The number of rotatable bonds is 5. The van der Waals surface area contributed by atoms with E-state index in [2.05, 4.69) is 49.4 Å². The average molecular weight is 367 g/mol. The van der Waals surface area contributed by atoms with Gasteiger partial charge in [0.2, 0.25) is 0 Å². The molecule has 7 nitrogen and oxygen atoms in total. The van der Waals surface area contributed by atoms with Gasteiger partial charge in [-0.25, -0.2) is 9.97 Å². The van der Waals surface area contributed by atoms with Gasteiger partial charge in [0.05, 0.1) is 0 Å². The van der Waals surface area contributed by atoms with E-state index >= 15 is 0 Å². The number of carbonyl (C=O) groups is 1. The number of anilines is 2. The summed E-state index contributed by atoms with van der Waals surface area (Å²) >= 11 is 0. The lowest BCUT2D eigenvalue weighted by atomic mass is 10.2. The lowest BCUT2D eigenvalue weighted by Gasteiger charge is -2.35. The van der Waals surface area contributed by atoms with Crippen molar-refractivity contribution < 1.29 is 9.53 Å². The molecule has 2 saturated heterocycles. The summed E-state index contributed by atoms with van der Waals surface area (Å²) in [5.74, 6) is 1.27. The van der Waals surface area contributed by atoms with Gasteiger partial charge in [-0.1, -0.05) is 30.3 Å². The molecule has 1 unspecified atom stereocenters. The van der Waals surface area contributed by atoms with Crippen LogP contribution in [0.1, 0.15) is 18.4 Å². The van der Waals surface area contributed by atoms with E-state index in [1.165, 1.54) is 11.9 Å². The van der Waals surface area contributed by atoms with Crippen LogP contribution in [0.4, 0.5) is 11.6 Å². The molecule has 27 heavy (non-hydrogen) atoms. The molecule has 4 rings (SSSR count). The van der Waals surface area contributed by atoms with Gasteiger partial charge in [-0.15, -0.1) is 0 Å². The Labute approximate surface area is 159 Å². The maximum absolute atomic E-state index is 12.2. The molecule has 2 aliphatic rings. The lowest BCUT2D eigenvalue weighted by molar-refractivity contribution is -0.124. The maximum atomic E-state index is 12.2. The Hall–Kier alpha value is -2.51. The summed E-state index contributed by atoms with van der Waals surface area (Å²) in [5, 5.41) is 2.85. The van der Waals surface area contributed by atoms with Crippen LogP contribution in [0.3, 0.4) is 0 Å². The second-order valence-corrected chi connectivity index (χ2v) is 7.00. The van der Waals surface area contributed by atoms with E-state index in [0.29, 0.717) is 12.4 Å². The minimum Gasteiger partial charge on any atom is -0.368 e. The standard InChI is InChI=1S/C20H25N5O2/c26-20(17-7-4-12-27-17)23-18-13-19(22-15-21-18)25-10-8-24(9-11-25)14-16-5-2-1-3-6-16/h1-3,5-6,13,15,17H,4,7-12,14H2,(H,21,22,23,26). The first-order chi connectivity index (χ1) is 13.3. The Morgan fingerprint density at radius 3 is 2.70 bits per heavy atom. The number of amides is 1. The Morgan fingerprint density at radius 2 is 1.96 bits per heavy atom. The molecule has 0 spiro atoms. The van der Waals surface area contributed by atoms with Crippen LogP contribution in [0, 0.1) is 0 Å². The minimum absolute atomic E-state index is 0.121. The predicted molar refractivity (Wildman–Crippen MR) is 104 cm³/mol. The van der Waals surface area contributed by atoms with E-state index in [1.807, 2.05) is 12.1 Å². The Balaban J connectivity index is 1.32. The summed E-state index contributed by atoms with van der Waals surface area (Å²) < 4.78 is 5.42. The molecule has 7 heteroatoms. The number of aromatic nitrogens is 2. The van der Waals surface area contributed by atoms with Gasteiger partial charge < -0.3 is 15.0 Å². The SMILES string of the molecule is O=C(Nc1cc(N2CCN(Cc3ccccc3)CC2)ncn1)C1CCCO1. The van der Waals surface area contributed by atoms with Crippen molar-refractivity contribution in [3.63, 3.8) is 0 Å². The topological polar surface area (TPSA) is 70.6 Å². The Morgan fingerprint density at radius 1 is 1.15 bits per heavy atom. The van der Waals surface area contributed by atoms with Gasteiger partial charge >= 0.3 is 0 Å². The van der Waals surface area contributed by atoms with Crippen LogP contribution in [0.5, 0.6) is 0 Å². The largest absolute Gasteiger partial charge is 0.368 e. The summed E-state index contributed by atoms with van der Waals surface area (Å²) in [4.78, 5) is 25.5. The molecule has 1 aromatic carbocycles. The highest BCUT2D eigenvalue weighted by Gasteiger charge is 2.24. The van der Waals surface area contributed by atoms with Crippen LogP contribution in [0.25, 0.3) is 0 Å². The molecule has 2 aromatic rings. The second-order valence-electron chi connectivity index (χ2n) is 7.00. The molecule has 1 N–H and O–H groups in total. The molecule has 142 valence electrons. The van der Waals surface area contributed by atoms with Crippen molar-refractivity contribution in [3.05, 3.63) is 48.3 Å². The van der Waals surface area contributed by atoms with Gasteiger partial charge in [-0.2, -0.15) is 0 Å². The van der Waals surface area contributed by atoms with Crippen molar-refractivity contribution in [1.82, 2.24) is 14.9 Å². The van der Waals surface area contributed by atoms with Crippen molar-refractivity contribution in [2.45, 2.75) is 25.5 Å². The fourth-order valence-corrected chi connectivity index (χ4v) is 3.56. The third-order valence-corrected chi connectivity index (χ3v) is 5.07. The van der Waals surface area contributed by atoms with Crippen molar-refractivity contribution in [2.24, 2.45) is 0 Å². The number of nitrogens with zero attached hydrogens (tertiary/aromatic N) is 4. The van der Waals surface area contributed by atoms with Gasteiger partial charge in [-0.3, -0.25) is 9.69 Å². The smallest absolute Gasteiger partial charge is 0.254 e. The van der Waals surface area contributed by atoms with Crippen LogP contribution < -0.4 is 10.2 Å². The normalized spacial score (nSPS) is 20.6. The summed E-state index contributed by atoms with van der Waals surface area (Å²) in [6, 6.07) is 12.4. The van der Waals surface area contributed by atoms with Crippen LogP contribution >= 0.6 is 0 Å². The highest BCUT2D eigenvalue weighted by Crippen LogP contribution is 2.19. The van der Waals surface area contributed by atoms with Crippen LogP contribution in [0.15, 0.2) is 42.7 Å². The van der Waals surface area contributed by atoms with E-state index in [-0.39, 0.29) is 12.0 Å². The number of hydrogen-bond donors (Lipinski definition) is 1. The number of ether oxygens (including phenoxy) is 1. The molecule has 1 amide bonds. The van der Waals surface area contributed by atoms with Crippen molar-refractivity contribution in [3.8, 4) is 0 Å². The number of hydrogen-bond acceptors (Lipinski definition) is 6. The molecule has 0 bridgehead atoms. The number of carbonyl (C=O) groups excluding carboxylic acids is 1. The predicted octanol–water partition coefficient (Wildman–Crippen LogP) is 1.92.